The lowest BCUT2D eigenvalue weighted by atomic mass is 9.95. The predicted octanol–water partition coefficient (Wildman–Crippen LogP) is 2.73. The number of anilines is 1. The highest BCUT2D eigenvalue weighted by Gasteiger charge is 2.14. The van der Waals surface area contributed by atoms with Crippen LogP contribution in [0.4, 0.5) is 5.69 Å². The minimum Gasteiger partial charge on any atom is -0.398 e. The minimum absolute atomic E-state index is 0.0532. The molecule has 0 unspecified atom stereocenters. The van der Waals surface area contributed by atoms with Crippen LogP contribution in [0.2, 0.25) is 0 Å². The lowest BCUT2D eigenvalue weighted by molar-refractivity contribution is 0.103. The molecule has 0 amide bonds. The van der Waals surface area contributed by atoms with E-state index in [2.05, 4.69) is 6.08 Å². The summed E-state index contributed by atoms with van der Waals surface area (Å²) in [6, 6.07) is 7.20. The zero-order chi connectivity index (χ0) is 10.7. The molecule has 0 saturated heterocycles. The van der Waals surface area contributed by atoms with Gasteiger partial charge in [-0.2, -0.15) is 0 Å². The highest BCUT2D eigenvalue weighted by Crippen LogP contribution is 2.20. The van der Waals surface area contributed by atoms with Crippen LogP contribution < -0.4 is 5.73 Å². The third kappa shape index (κ3) is 1.99. The van der Waals surface area contributed by atoms with Gasteiger partial charge in [0.05, 0.1) is 0 Å². The van der Waals surface area contributed by atoms with Crippen molar-refractivity contribution in [3.8, 4) is 0 Å². The molecule has 2 nitrogen and oxygen atoms in total. The molecule has 0 spiro atoms. The van der Waals surface area contributed by atoms with E-state index in [4.69, 9.17) is 5.73 Å². The number of allylic oxidation sites excluding steroid dienone is 4. The number of rotatable bonds is 2. The van der Waals surface area contributed by atoms with Crippen molar-refractivity contribution in [3.63, 3.8) is 0 Å². The number of carbonyl (C=O) groups is 1. The zero-order valence-electron chi connectivity index (χ0n) is 8.44. The fourth-order valence-corrected chi connectivity index (χ4v) is 1.67. The van der Waals surface area contributed by atoms with E-state index in [0.717, 1.165) is 18.4 Å². The summed E-state index contributed by atoms with van der Waals surface area (Å²) in [6.45, 7) is 0. The number of ketones is 1. The monoisotopic (exact) mass is 199 g/mol. The number of Topliss-reactive ketones (excluding diaryl/α,β-unsaturated/α-hetero) is 1. The summed E-state index contributed by atoms with van der Waals surface area (Å²) in [4.78, 5) is 12.0. The van der Waals surface area contributed by atoms with Crippen molar-refractivity contribution >= 4 is 11.5 Å². The second kappa shape index (κ2) is 4.13. The molecule has 0 aromatic heterocycles. The maximum Gasteiger partial charge on any atom is 0.191 e. The SMILES string of the molecule is Nc1ccccc1C(=O)C1=CC=CCC1. The van der Waals surface area contributed by atoms with Gasteiger partial charge in [-0.1, -0.05) is 30.4 Å². The van der Waals surface area contributed by atoms with Gasteiger partial charge in [-0.05, 0) is 25.0 Å². The summed E-state index contributed by atoms with van der Waals surface area (Å²) in [5.41, 5.74) is 7.77. The van der Waals surface area contributed by atoms with Crippen molar-refractivity contribution in [1.82, 2.24) is 0 Å². The van der Waals surface area contributed by atoms with Gasteiger partial charge in [0.15, 0.2) is 5.78 Å². The smallest absolute Gasteiger partial charge is 0.191 e. The van der Waals surface area contributed by atoms with Gasteiger partial charge in [0, 0.05) is 16.8 Å². The van der Waals surface area contributed by atoms with Crippen LogP contribution in [-0.2, 0) is 0 Å². The van der Waals surface area contributed by atoms with E-state index in [-0.39, 0.29) is 5.78 Å². The standard InChI is InChI=1S/C13H13NO/c14-12-9-5-4-8-11(12)13(15)10-6-2-1-3-7-10/h1-2,4-6,8-9H,3,7,14H2. The number of carbonyl (C=O) groups excluding carboxylic acids is 1. The highest BCUT2D eigenvalue weighted by atomic mass is 16.1. The Balaban J connectivity index is 2.32. The van der Waals surface area contributed by atoms with Crippen molar-refractivity contribution in [1.29, 1.82) is 0 Å². The van der Waals surface area contributed by atoms with E-state index >= 15 is 0 Å². The first-order chi connectivity index (χ1) is 7.29. The maximum atomic E-state index is 12.0. The molecule has 0 atom stereocenters. The Morgan fingerprint density at radius 1 is 1.27 bits per heavy atom. The normalized spacial score (nSPS) is 14.8. The lowest BCUT2D eigenvalue weighted by Crippen LogP contribution is -2.07. The maximum absolute atomic E-state index is 12.0. The summed E-state index contributed by atoms with van der Waals surface area (Å²) < 4.78 is 0. The van der Waals surface area contributed by atoms with E-state index in [9.17, 15) is 4.79 Å². The van der Waals surface area contributed by atoms with Crippen LogP contribution in [-0.4, -0.2) is 5.78 Å². The number of nitrogen functional groups attached to an aromatic ring is 1. The number of hydrogen-bond acceptors (Lipinski definition) is 2. The molecule has 0 fully saturated rings. The zero-order valence-corrected chi connectivity index (χ0v) is 8.44. The molecule has 0 aliphatic heterocycles. The van der Waals surface area contributed by atoms with Crippen molar-refractivity contribution in [2.45, 2.75) is 12.8 Å². The van der Waals surface area contributed by atoms with Crippen LogP contribution in [0.3, 0.4) is 0 Å². The second-order valence-corrected chi connectivity index (χ2v) is 3.58. The fraction of sp³-hybridized carbons (Fsp3) is 0.154. The van der Waals surface area contributed by atoms with Crippen molar-refractivity contribution in [2.24, 2.45) is 0 Å². The average Bonchev–Trinajstić information content (AvgIpc) is 2.30. The molecule has 2 heteroatoms. The van der Waals surface area contributed by atoms with Gasteiger partial charge in [-0.25, -0.2) is 0 Å². The van der Waals surface area contributed by atoms with E-state index in [0.29, 0.717) is 11.3 Å². The van der Waals surface area contributed by atoms with Gasteiger partial charge in [-0.15, -0.1) is 0 Å². The Hall–Kier alpha value is -1.83. The van der Waals surface area contributed by atoms with Crippen LogP contribution in [0.1, 0.15) is 23.2 Å². The van der Waals surface area contributed by atoms with Gasteiger partial charge in [0.25, 0.3) is 0 Å². The molecule has 2 rings (SSSR count). The number of nitrogens with two attached hydrogens (primary N) is 1. The van der Waals surface area contributed by atoms with Crippen LogP contribution in [0.5, 0.6) is 0 Å². The van der Waals surface area contributed by atoms with Crippen molar-refractivity contribution < 1.29 is 4.79 Å². The van der Waals surface area contributed by atoms with Crippen LogP contribution in [0.15, 0.2) is 48.1 Å². The third-order valence-electron chi connectivity index (χ3n) is 2.51. The molecule has 76 valence electrons. The third-order valence-corrected chi connectivity index (χ3v) is 2.51. The largest absolute Gasteiger partial charge is 0.398 e. The van der Waals surface area contributed by atoms with E-state index < -0.39 is 0 Å². The lowest BCUT2D eigenvalue weighted by Gasteiger charge is -2.09. The van der Waals surface area contributed by atoms with Crippen LogP contribution in [0, 0.1) is 0 Å². The summed E-state index contributed by atoms with van der Waals surface area (Å²) in [7, 11) is 0. The Bertz CT molecular complexity index is 444. The van der Waals surface area contributed by atoms with Gasteiger partial charge in [-0.3, -0.25) is 4.79 Å². The first-order valence-electron chi connectivity index (χ1n) is 5.04. The number of para-hydroxylation sites is 1. The first kappa shape index (κ1) is 9.71. The van der Waals surface area contributed by atoms with Crippen molar-refractivity contribution in [3.05, 3.63) is 53.6 Å². The topological polar surface area (TPSA) is 43.1 Å². The number of hydrogen-bond donors (Lipinski definition) is 1. The summed E-state index contributed by atoms with van der Waals surface area (Å²) in [6.07, 6.45) is 7.60. The molecular weight excluding hydrogens is 186 g/mol. The Labute approximate surface area is 89.1 Å². The van der Waals surface area contributed by atoms with Gasteiger partial charge < -0.3 is 5.73 Å². The average molecular weight is 199 g/mol. The summed E-state index contributed by atoms with van der Waals surface area (Å²) in [5, 5.41) is 0. The van der Waals surface area contributed by atoms with Crippen molar-refractivity contribution in [2.75, 3.05) is 5.73 Å². The molecule has 0 saturated carbocycles. The predicted molar refractivity (Wildman–Crippen MR) is 61.6 cm³/mol. The van der Waals surface area contributed by atoms with Gasteiger partial charge in [0.2, 0.25) is 0 Å². The molecule has 1 aromatic carbocycles. The minimum atomic E-state index is 0.0532. The molecule has 0 heterocycles. The Morgan fingerprint density at radius 2 is 2.07 bits per heavy atom. The Kier molecular flexibility index (Phi) is 2.68. The molecule has 2 N–H and O–H groups in total. The molecule has 0 bridgehead atoms. The molecule has 0 radical (unpaired) electrons. The van der Waals surface area contributed by atoms with Crippen LogP contribution in [0.25, 0.3) is 0 Å². The summed E-state index contributed by atoms with van der Waals surface area (Å²) in [5.74, 6) is 0.0532. The van der Waals surface area contributed by atoms with E-state index in [1.165, 1.54) is 0 Å². The highest BCUT2D eigenvalue weighted by molar-refractivity contribution is 6.12. The van der Waals surface area contributed by atoms with Gasteiger partial charge in [0.1, 0.15) is 0 Å². The molecule has 1 aliphatic rings. The fourth-order valence-electron chi connectivity index (χ4n) is 1.67. The van der Waals surface area contributed by atoms with Crippen LogP contribution >= 0.6 is 0 Å². The Morgan fingerprint density at radius 3 is 2.73 bits per heavy atom. The van der Waals surface area contributed by atoms with E-state index in [1.807, 2.05) is 24.3 Å². The summed E-state index contributed by atoms with van der Waals surface area (Å²) >= 11 is 0. The molecule has 1 aliphatic carbocycles. The first-order valence-corrected chi connectivity index (χ1v) is 5.04. The number of benzene rings is 1. The molecule has 15 heavy (non-hydrogen) atoms. The second-order valence-electron chi connectivity index (χ2n) is 3.58. The quantitative estimate of drug-likeness (QED) is 0.588. The van der Waals surface area contributed by atoms with E-state index in [1.54, 1.807) is 12.1 Å². The molecule has 1 aromatic rings. The molecular formula is C13H13NO. The van der Waals surface area contributed by atoms with Gasteiger partial charge >= 0.3 is 0 Å².